The van der Waals surface area contributed by atoms with Crippen molar-refractivity contribution in [3.63, 3.8) is 0 Å². The van der Waals surface area contributed by atoms with Crippen molar-refractivity contribution in [1.82, 2.24) is 0 Å². The highest BCUT2D eigenvalue weighted by Gasteiger charge is 1.96. The molecule has 0 saturated heterocycles. The lowest BCUT2D eigenvalue weighted by atomic mass is 10.1. The fourth-order valence-electron chi connectivity index (χ4n) is 1.41. The van der Waals surface area contributed by atoms with E-state index in [0.717, 1.165) is 11.1 Å². The Hall–Kier alpha value is -1.91. The van der Waals surface area contributed by atoms with E-state index in [2.05, 4.69) is 11.8 Å². The van der Waals surface area contributed by atoms with Crippen molar-refractivity contribution in [2.75, 3.05) is 5.73 Å². The Balaban J connectivity index is 2.32. The van der Waals surface area contributed by atoms with Crippen LogP contribution in [0.25, 0.3) is 0 Å². The molecule has 0 aliphatic rings. The van der Waals surface area contributed by atoms with Crippen molar-refractivity contribution in [3.8, 4) is 11.8 Å². The van der Waals surface area contributed by atoms with E-state index in [-0.39, 0.29) is 0 Å². The second-order valence-electron chi connectivity index (χ2n) is 3.85. The van der Waals surface area contributed by atoms with Gasteiger partial charge in [0, 0.05) is 21.8 Å². The average Bonchev–Trinajstić information content (AvgIpc) is 2.32. The summed E-state index contributed by atoms with van der Waals surface area (Å²) in [6.07, 6.45) is 0. The van der Waals surface area contributed by atoms with Gasteiger partial charge in [0.2, 0.25) is 0 Å². The van der Waals surface area contributed by atoms with Gasteiger partial charge in [-0.25, -0.2) is 0 Å². The van der Waals surface area contributed by atoms with Crippen LogP contribution in [0.15, 0.2) is 42.5 Å². The van der Waals surface area contributed by atoms with Crippen LogP contribution in [0.2, 0.25) is 5.02 Å². The van der Waals surface area contributed by atoms with E-state index in [9.17, 15) is 0 Å². The largest absolute Gasteiger partial charge is 0.398 e. The second-order valence-corrected chi connectivity index (χ2v) is 4.28. The van der Waals surface area contributed by atoms with Crippen molar-refractivity contribution >= 4 is 17.3 Å². The minimum Gasteiger partial charge on any atom is -0.398 e. The van der Waals surface area contributed by atoms with Crippen molar-refractivity contribution in [3.05, 3.63) is 64.2 Å². The first-order valence-electron chi connectivity index (χ1n) is 5.29. The van der Waals surface area contributed by atoms with Crippen LogP contribution in [-0.4, -0.2) is 0 Å². The summed E-state index contributed by atoms with van der Waals surface area (Å²) < 4.78 is 0. The van der Waals surface area contributed by atoms with Crippen LogP contribution in [-0.2, 0) is 0 Å². The third-order valence-corrected chi connectivity index (χ3v) is 2.64. The molecular formula is C15H12ClN. The zero-order valence-corrected chi connectivity index (χ0v) is 10.3. The molecule has 84 valence electrons. The van der Waals surface area contributed by atoms with Gasteiger partial charge in [0.05, 0.1) is 0 Å². The van der Waals surface area contributed by atoms with E-state index in [4.69, 9.17) is 17.3 Å². The monoisotopic (exact) mass is 241 g/mol. The Morgan fingerprint density at radius 1 is 1.00 bits per heavy atom. The number of rotatable bonds is 0. The minimum atomic E-state index is 0.646. The van der Waals surface area contributed by atoms with Crippen LogP contribution in [0, 0.1) is 18.8 Å². The molecule has 2 heteroatoms. The molecule has 0 atom stereocenters. The van der Waals surface area contributed by atoms with Gasteiger partial charge in [-0.05, 0) is 37.3 Å². The normalized spacial score (nSPS) is 9.53. The summed E-state index contributed by atoms with van der Waals surface area (Å²) in [4.78, 5) is 0. The summed E-state index contributed by atoms with van der Waals surface area (Å²) in [5, 5.41) is 0.646. The van der Waals surface area contributed by atoms with E-state index in [1.807, 2.05) is 31.2 Å². The van der Waals surface area contributed by atoms with Gasteiger partial charge in [0.25, 0.3) is 0 Å². The van der Waals surface area contributed by atoms with Crippen LogP contribution in [0.4, 0.5) is 5.69 Å². The Kier molecular flexibility index (Phi) is 3.37. The van der Waals surface area contributed by atoms with Crippen molar-refractivity contribution in [2.24, 2.45) is 0 Å². The molecule has 0 heterocycles. The summed E-state index contributed by atoms with van der Waals surface area (Å²) in [6.45, 7) is 2.05. The first-order chi connectivity index (χ1) is 8.15. The number of hydrogen-bond donors (Lipinski definition) is 1. The second kappa shape index (κ2) is 4.95. The Morgan fingerprint density at radius 2 is 1.71 bits per heavy atom. The molecule has 2 rings (SSSR count). The predicted molar refractivity (Wildman–Crippen MR) is 73.0 cm³/mol. The van der Waals surface area contributed by atoms with Gasteiger partial charge in [-0.1, -0.05) is 41.1 Å². The maximum Gasteiger partial charge on any atom is 0.0493 e. The lowest BCUT2D eigenvalue weighted by molar-refractivity contribution is 1.46. The molecule has 17 heavy (non-hydrogen) atoms. The molecule has 2 aromatic rings. The Labute approximate surface area is 106 Å². The van der Waals surface area contributed by atoms with Gasteiger partial charge in [-0.2, -0.15) is 0 Å². The first kappa shape index (κ1) is 11.6. The van der Waals surface area contributed by atoms with E-state index >= 15 is 0 Å². The van der Waals surface area contributed by atoms with E-state index < -0.39 is 0 Å². The molecule has 2 aromatic carbocycles. The van der Waals surface area contributed by atoms with Crippen molar-refractivity contribution in [2.45, 2.75) is 6.92 Å². The molecule has 0 radical (unpaired) electrons. The lowest BCUT2D eigenvalue weighted by Gasteiger charge is -1.98. The van der Waals surface area contributed by atoms with Crippen LogP contribution in [0.1, 0.15) is 16.7 Å². The standard InChI is InChI=1S/C15H12ClN/c1-11-2-4-12(5-3-11)6-7-13-10-14(16)8-9-15(13)17/h2-5,8-10H,17H2,1H3. The first-order valence-corrected chi connectivity index (χ1v) is 5.67. The molecule has 2 N–H and O–H groups in total. The van der Waals surface area contributed by atoms with E-state index in [1.165, 1.54) is 5.56 Å². The molecule has 0 saturated carbocycles. The highest BCUT2D eigenvalue weighted by atomic mass is 35.5. The fraction of sp³-hybridized carbons (Fsp3) is 0.0667. The summed E-state index contributed by atoms with van der Waals surface area (Å²) in [6, 6.07) is 13.3. The molecule has 1 nitrogen and oxygen atoms in total. The average molecular weight is 242 g/mol. The molecular weight excluding hydrogens is 230 g/mol. The van der Waals surface area contributed by atoms with Gasteiger partial charge in [-0.3, -0.25) is 0 Å². The molecule has 0 unspecified atom stereocenters. The smallest absolute Gasteiger partial charge is 0.0493 e. The van der Waals surface area contributed by atoms with Gasteiger partial charge in [-0.15, -0.1) is 0 Å². The van der Waals surface area contributed by atoms with Gasteiger partial charge in [0.1, 0.15) is 0 Å². The van der Waals surface area contributed by atoms with Crippen LogP contribution >= 0.6 is 11.6 Å². The highest BCUT2D eigenvalue weighted by Crippen LogP contribution is 2.16. The summed E-state index contributed by atoms with van der Waals surface area (Å²) >= 11 is 5.90. The maximum absolute atomic E-state index is 5.90. The minimum absolute atomic E-state index is 0.646. The number of halogens is 1. The number of nitrogens with two attached hydrogens (primary N) is 1. The maximum atomic E-state index is 5.90. The Morgan fingerprint density at radius 3 is 2.41 bits per heavy atom. The predicted octanol–water partition coefficient (Wildman–Crippen LogP) is 3.63. The van der Waals surface area contributed by atoms with Gasteiger partial charge in [0.15, 0.2) is 0 Å². The van der Waals surface area contributed by atoms with Crippen LogP contribution < -0.4 is 5.73 Å². The number of anilines is 1. The fourth-order valence-corrected chi connectivity index (χ4v) is 1.59. The zero-order valence-electron chi connectivity index (χ0n) is 9.50. The SMILES string of the molecule is Cc1ccc(C#Cc2cc(Cl)ccc2N)cc1. The van der Waals surface area contributed by atoms with Crippen LogP contribution in [0.5, 0.6) is 0 Å². The summed E-state index contributed by atoms with van der Waals surface area (Å²) in [5.41, 5.74) is 9.41. The van der Waals surface area contributed by atoms with Gasteiger partial charge < -0.3 is 5.73 Å². The topological polar surface area (TPSA) is 26.0 Å². The van der Waals surface area contributed by atoms with E-state index in [0.29, 0.717) is 10.7 Å². The molecule has 0 spiro atoms. The molecule has 0 bridgehead atoms. The third kappa shape index (κ3) is 3.03. The molecule has 0 aromatic heterocycles. The van der Waals surface area contributed by atoms with Crippen LogP contribution in [0.3, 0.4) is 0 Å². The molecule has 0 amide bonds. The van der Waals surface area contributed by atoms with Crippen molar-refractivity contribution < 1.29 is 0 Å². The molecule has 0 aliphatic heterocycles. The van der Waals surface area contributed by atoms with Crippen molar-refractivity contribution in [1.29, 1.82) is 0 Å². The highest BCUT2D eigenvalue weighted by molar-refractivity contribution is 6.30. The third-order valence-electron chi connectivity index (χ3n) is 2.41. The number of benzene rings is 2. The zero-order chi connectivity index (χ0) is 12.3. The number of hydrogen-bond acceptors (Lipinski definition) is 1. The lowest BCUT2D eigenvalue weighted by Crippen LogP contribution is -1.89. The Bertz CT molecular complexity index is 589. The van der Waals surface area contributed by atoms with Gasteiger partial charge >= 0.3 is 0 Å². The van der Waals surface area contributed by atoms with E-state index in [1.54, 1.807) is 18.2 Å². The summed E-state index contributed by atoms with van der Waals surface area (Å²) in [7, 11) is 0. The quantitative estimate of drug-likeness (QED) is 0.553. The number of nitrogen functional groups attached to an aromatic ring is 1. The molecule has 0 aliphatic carbocycles. The molecule has 0 fully saturated rings. The number of aryl methyl sites for hydroxylation is 1. The summed E-state index contributed by atoms with van der Waals surface area (Å²) in [5.74, 6) is 6.10.